The smallest absolute Gasteiger partial charge is 0.137 e. The van der Waals surface area contributed by atoms with Crippen molar-refractivity contribution in [3.8, 4) is 5.75 Å². The van der Waals surface area contributed by atoms with Gasteiger partial charge in [0.1, 0.15) is 5.75 Å². The van der Waals surface area contributed by atoms with Crippen molar-refractivity contribution in [1.82, 2.24) is 10.2 Å². The number of rotatable bonds is 6. The monoisotopic (exact) mass is 330 g/mol. The largest absolute Gasteiger partial charge is 0.492 e. The molecule has 23 heavy (non-hydrogen) atoms. The Balaban J connectivity index is 1.46. The first kappa shape index (κ1) is 16.3. The first-order valence-electron chi connectivity index (χ1n) is 8.19. The third-order valence-corrected chi connectivity index (χ3v) is 4.44. The zero-order valence-electron chi connectivity index (χ0n) is 13.3. The summed E-state index contributed by atoms with van der Waals surface area (Å²) in [5.74, 6) is 0.754. The summed E-state index contributed by atoms with van der Waals surface area (Å²) in [6.07, 6.45) is 0.888. The lowest BCUT2D eigenvalue weighted by Gasteiger charge is -2.27. The van der Waals surface area contributed by atoms with E-state index in [4.69, 9.17) is 16.3 Å². The van der Waals surface area contributed by atoms with Crippen molar-refractivity contribution in [2.75, 3.05) is 32.8 Å². The Morgan fingerprint density at radius 1 is 0.957 bits per heavy atom. The van der Waals surface area contributed by atoms with Crippen molar-refractivity contribution in [2.45, 2.75) is 13.0 Å². The van der Waals surface area contributed by atoms with E-state index in [-0.39, 0.29) is 0 Å². The van der Waals surface area contributed by atoms with Gasteiger partial charge in [-0.2, -0.15) is 0 Å². The molecule has 2 aromatic rings. The molecule has 0 amide bonds. The average molecular weight is 331 g/mol. The average Bonchev–Trinajstić information content (AvgIpc) is 2.59. The SMILES string of the molecule is Clc1ccccc1OCCc1ccc(CN2CCNCC2)cc1. The van der Waals surface area contributed by atoms with Gasteiger partial charge in [-0.3, -0.25) is 4.90 Å². The first-order chi connectivity index (χ1) is 11.3. The van der Waals surface area contributed by atoms with E-state index in [1.807, 2.05) is 24.3 Å². The van der Waals surface area contributed by atoms with E-state index in [2.05, 4.69) is 34.5 Å². The number of hydrogen-bond donors (Lipinski definition) is 1. The van der Waals surface area contributed by atoms with E-state index in [9.17, 15) is 0 Å². The zero-order valence-corrected chi connectivity index (χ0v) is 14.1. The highest BCUT2D eigenvalue weighted by molar-refractivity contribution is 6.32. The van der Waals surface area contributed by atoms with E-state index in [1.165, 1.54) is 11.1 Å². The maximum atomic E-state index is 6.09. The lowest BCUT2D eigenvalue weighted by Crippen LogP contribution is -2.42. The summed E-state index contributed by atoms with van der Waals surface area (Å²) in [5, 5.41) is 4.05. The van der Waals surface area contributed by atoms with E-state index in [0.29, 0.717) is 11.6 Å². The van der Waals surface area contributed by atoms with E-state index >= 15 is 0 Å². The van der Waals surface area contributed by atoms with Crippen molar-refractivity contribution in [1.29, 1.82) is 0 Å². The number of benzene rings is 2. The molecule has 1 N–H and O–H groups in total. The molecule has 1 aliphatic heterocycles. The summed E-state index contributed by atoms with van der Waals surface area (Å²) >= 11 is 6.09. The minimum absolute atomic E-state index is 0.640. The van der Waals surface area contributed by atoms with Crippen LogP contribution in [0.1, 0.15) is 11.1 Å². The van der Waals surface area contributed by atoms with Gasteiger partial charge in [-0.05, 0) is 23.3 Å². The lowest BCUT2D eigenvalue weighted by molar-refractivity contribution is 0.233. The molecule has 4 heteroatoms. The van der Waals surface area contributed by atoms with Gasteiger partial charge in [-0.1, -0.05) is 48.0 Å². The number of halogens is 1. The normalized spacial score (nSPS) is 15.5. The van der Waals surface area contributed by atoms with Gasteiger partial charge in [0.15, 0.2) is 0 Å². The van der Waals surface area contributed by atoms with Crippen molar-refractivity contribution in [2.24, 2.45) is 0 Å². The van der Waals surface area contributed by atoms with Gasteiger partial charge in [0.05, 0.1) is 11.6 Å². The second-order valence-corrected chi connectivity index (χ2v) is 6.28. The second kappa shape index (κ2) is 8.34. The Morgan fingerprint density at radius 3 is 2.39 bits per heavy atom. The molecule has 1 fully saturated rings. The molecule has 0 bridgehead atoms. The van der Waals surface area contributed by atoms with Crippen LogP contribution in [-0.4, -0.2) is 37.7 Å². The zero-order chi connectivity index (χ0) is 15.9. The Hall–Kier alpha value is -1.55. The maximum Gasteiger partial charge on any atom is 0.137 e. The molecule has 1 heterocycles. The highest BCUT2D eigenvalue weighted by Crippen LogP contribution is 2.23. The van der Waals surface area contributed by atoms with Gasteiger partial charge < -0.3 is 10.1 Å². The summed E-state index contributed by atoms with van der Waals surface area (Å²) in [5.41, 5.74) is 2.67. The summed E-state index contributed by atoms with van der Waals surface area (Å²) < 4.78 is 5.75. The number of nitrogens with one attached hydrogen (secondary N) is 1. The predicted molar refractivity (Wildman–Crippen MR) is 95.2 cm³/mol. The third kappa shape index (κ3) is 4.96. The van der Waals surface area contributed by atoms with Gasteiger partial charge in [0.25, 0.3) is 0 Å². The molecule has 1 aliphatic rings. The van der Waals surface area contributed by atoms with E-state index < -0.39 is 0 Å². The van der Waals surface area contributed by atoms with E-state index in [0.717, 1.165) is 44.9 Å². The minimum Gasteiger partial charge on any atom is -0.492 e. The molecule has 3 nitrogen and oxygen atoms in total. The summed E-state index contributed by atoms with van der Waals surface area (Å²) in [6, 6.07) is 16.5. The summed E-state index contributed by atoms with van der Waals surface area (Å²) in [4.78, 5) is 2.49. The number of nitrogens with zero attached hydrogens (tertiary/aromatic N) is 1. The lowest BCUT2D eigenvalue weighted by atomic mass is 10.1. The molecule has 0 aliphatic carbocycles. The van der Waals surface area contributed by atoms with Crippen LogP contribution in [0.15, 0.2) is 48.5 Å². The molecular weight excluding hydrogens is 308 g/mol. The molecule has 0 radical (unpaired) electrons. The Morgan fingerprint density at radius 2 is 1.65 bits per heavy atom. The summed E-state index contributed by atoms with van der Waals surface area (Å²) in [7, 11) is 0. The molecule has 0 spiro atoms. The van der Waals surface area contributed by atoms with Gasteiger partial charge in [-0.15, -0.1) is 0 Å². The van der Waals surface area contributed by atoms with Crippen LogP contribution in [-0.2, 0) is 13.0 Å². The molecular formula is C19H23ClN2O. The quantitative estimate of drug-likeness (QED) is 0.879. The Kier molecular flexibility index (Phi) is 5.92. The molecule has 0 atom stereocenters. The fourth-order valence-electron chi connectivity index (χ4n) is 2.78. The van der Waals surface area contributed by atoms with Crippen LogP contribution in [0.3, 0.4) is 0 Å². The topological polar surface area (TPSA) is 24.5 Å². The van der Waals surface area contributed by atoms with Gasteiger partial charge in [0, 0.05) is 39.1 Å². The molecule has 0 aromatic heterocycles. The van der Waals surface area contributed by atoms with Crippen LogP contribution in [0.4, 0.5) is 0 Å². The van der Waals surface area contributed by atoms with Crippen molar-refractivity contribution in [3.63, 3.8) is 0 Å². The minimum atomic E-state index is 0.640. The van der Waals surface area contributed by atoms with Crippen LogP contribution < -0.4 is 10.1 Å². The Labute approximate surface area is 143 Å². The van der Waals surface area contributed by atoms with Crippen molar-refractivity contribution in [3.05, 3.63) is 64.7 Å². The van der Waals surface area contributed by atoms with Crippen LogP contribution in [0.5, 0.6) is 5.75 Å². The number of hydrogen-bond acceptors (Lipinski definition) is 3. The molecule has 1 saturated heterocycles. The van der Waals surface area contributed by atoms with Crippen LogP contribution in [0.2, 0.25) is 5.02 Å². The first-order valence-corrected chi connectivity index (χ1v) is 8.57. The third-order valence-electron chi connectivity index (χ3n) is 4.12. The predicted octanol–water partition coefficient (Wildman–Crippen LogP) is 3.37. The van der Waals surface area contributed by atoms with Crippen LogP contribution in [0.25, 0.3) is 0 Å². The number of para-hydroxylation sites is 1. The van der Waals surface area contributed by atoms with Crippen molar-refractivity contribution >= 4 is 11.6 Å². The molecule has 2 aromatic carbocycles. The highest BCUT2D eigenvalue weighted by Gasteiger charge is 2.09. The van der Waals surface area contributed by atoms with Gasteiger partial charge in [0.2, 0.25) is 0 Å². The van der Waals surface area contributed by atoms with Crippen LogP contribution in [0, 0.1) is 0 Å². The van der Waals surface area contributed by atoms with Gasteiger partial charge >= 0.3 is 0 Å². The van der Waals surface area contributed by atoms with Crippen LogP contribution >= 0.6 is 11.6 Å². The Bertz CT molecular complexity index is 609. The van der Waals surface area contributed by atoms with Crippen molar-refractivity contribution < 1.29 is 4.74 Å². The number of ether oxygens (including phenoxy) is 1. The fourth-order valence-corrected chi connectivity index (χ4v) is 2.97. The second-order valence-electron chi connectivity index (χ2n) is 5.87. The molecule has 0 unspecified atom stereocenters. The molecule has 122 valence electrons. The fraction of sp³-hybridized carbons (Fsp3) is 0.368. The standard InChI is InChI=1S/C19H23ClN2O/c20-18-3-1-2-4-19(18)23-14-9-16-5-7-17(8-6-16)15-22-12-10-21-11-13-22/h1-8,21H,9-15H2. The highest BCUT2D eigenvalue weighted by atomic mass is 35.5. The number of piperazine rings is 1. The molecule has 3 rings (SSSR count). The molecule has 0 saturated carbocycles. The maximum absolute atomic E-state index is 6.09. The van der Waals surface area contributed by atoms with Gasteiger partial charge in [-0.25, -0.2) is 0 Å². The van der Waals surface area contributed by atoms with E-state index in [1.54, 1.807) is 0 Å². The summed E-state index contributed by atoms with van der Waals surface area (Å²) in [6.45, 7) is 6.13.